The molecule has 3 aromatic carbocycles. The molecule has 1 heterocycles. The summed E-state index contributed by atoms with van der Waals surface area (Å²) in [6.07, 6.45) is -1.07. The maximum absolute atomic E-state index is 12.4. The number of hydrogen-bond acceptors (Lipinski definition) is 5. The fourth-order valence-electron chi connectivity index (χ4n) is 5.03. The van der Waals surface area contributed by atoms with E-state index in [9.17, 15) is 4.79 Å². The van der Waals surface area contributed by atoms with Gasteiger partial charge in [-0.25, -0.2) is 0 Å². The Labute approximate surface area is 207 Å². The molecule has 1 aliphatic heterocycles. The molecule has 35 heavy (non-hydrogen) atoms. The van der Waals surface area contributed by atoms with Gasteiger partial charge in [-0.2, -0.15) is 0 Å². The molecule has 2 aliphatic rings. The summed E-state index contributed by atoms with van der Waals surface area (Å²) >= 11 is 0. The van der Waals surface area contributed by atoms with Crippen LogP contribution in [0.3, 0.4) is 0 Å². The maximum atomic E-state index is 12.4. The van der Waals surface area contributed by atoms with E-state index in [0.29, 0.717) is 26.4 Å². The van der Waals surface area contributed by atoms with Gasteiger partial charge >= 0.3 is 0 Å². The molecular formula is C30H32O5. The number of benzene rings is 3. The normalized spacial score (nSPS) is 27.2. The van der Waals surface area contributed by atoms with Gasteiger partial charge in [-0.3, -0.25) is 4.79 Å². The van der Waals surface area contributed by atoms with Crippen molar-refractivity contribution >= 4 is 5.78 Å². The van der Waals surface area contributed by atoms with Crippen molar-refractivity contribution in [1.82, 2.24) is 0 Å². The average molecular weight is 473 g/mol. The molecule has 5 heteroatoms. The lowest BCUT2D eigenvalue weighted by atomic mass is 9.99. The Hall–Kier alpha value is -2.83. The third-order valence-electron chi connectivity index (χ3n) is 6.84. The number of carbonyl (C=O) groups is 1. The number of carbonyl (C=O) groups excluding carboxylic acids is 1. The molecule has 1 unspecified atom stereocenters. The Bertz CT molecular complexity index is 1070. The summed E-state index contributed by atoms with van der Waals surface area (Å²) in [5, 5.41) is 0. The quantitative estimate of drug-likeness (QED) is 0.394. The first-order chi connectivity index (χ1) is 17.2. The average Bonchev–Trinajstić information content (AvgIpc) is 3.62. The van der Waals surface area contributed by atoms with Crippen molar-refractivity contribution in [2.75, 3.05) is 6.61 Å². The Morgan fingerprint density at radius 3 is 1.71 bits per heavy atom. The van der Waals surface area contributed by atoms with Gasteiger partial charge in [-0.15, -0.1) is 0 Å². The summed E-state index contributed by atoms with van der Waals surface area (Å²) < 4.78 is 25.4. The smallest absolute Gasteiger partial charge is 0.135 e. The predicted molar refractivity (Wildman–Crippen MR) is 132 cm³/mol. The second kappa shape index (κ2) is 11.3. The van der Waals surface area contributed by atoms with Crippen molar-refractivity contribution in [3.63, 3.8) is 0 Å². The van der Waals surface area contributed by atoms with E-state index in [-0.39, 0.29) is 42.0 Å². The van der Waals surface area contributed by atoms with Gasteiger partial charge in [0.15, 0.2) is 0 Å². The lowest BCUT2D eigenvalue weighted by Gasteiger charge is -2.37. The van der Waals surface area contributed by atoms with Crippen molar-refractivity contribution in [3.8, 4) is 0 Å². The fraction of sp³-hybridized carbons (Fsp3) is 0.367. The van der Waals surface area contributed by atoms with Gasteiger partial charge in [0.2, 0.25) is 0 Å². The van der Waals surface area contributed by atoms with Crippen LogP contribution in [0, 0.1) is 11.8 Å². The molecule has 0 radical (unpaired) electrons. The summed E-state index contributed by atoms with van der Waals surface area (Å²) in [6.45, 7) is 3.40. The number of hydrogen-bond donors (Lipinski definition) is 0. The number of Topliss-reactive ketones (excluding diaryl/α,β-unsaturated/α-hetero) is 1. The van der Waals surface area contributed by atoms with Crippen LogP contribution >= 0.6 is 0 Å². The van der Waals surface area contributed by atoms with Crippen LogP contribution in [-0.2, 0) is 43.6 Å². The Morgan fingerprint density at radius 2 is 1.20 bits per heavy atom. The van der Waals surface area contributed by atoms with Gasteiger partial charge in [0.25, 0.3) is 0 Å². The lowest BCUT2D eigenvalue weighted by molar-refractivity contribution is -0.201. The molecule has 2 fully saturated rings. The first-order valence-corrected chi connectivity index (χ1v) is 12.3. The van der Waals surface area contributed by atoms with E-state index in [1.165, 1.54) is 0 Å². The van der Waals surface area contributed by atoms with E-state index in [1.54, 1.807) is 6.92 Å². The molecular weight excluding hydrogens is 440 g/mol. The highest BCUT2D eigenvalue weighted by atomic mass is 16.6. The third-order valence-corrected chi connectivity index (χ3v) is 6.84. The van der Waals surface area contributed by atoms with Crippen molar-refractivity contribution in [3.05, 3.63) is 108 Å². The minimum atomic E-state index is -0.347. The highest BCUT2D eigenvalue weighted by Crippen LogP contribution is 2.52. The van der Waals surface area contributed by atoms with Crippen LogP contribution in [0.1, 0.15) is 23.6 Å². The zero-order valence-corrected chi connectivity index (χ0v) is 20.0. The van der Waals surface area contributed by atoms with Gasteiger partial charge < -0.3 is 18.9 Å². The molecule has 1 saturated carbocycles. The first-order valence-electron chi connectivity index (χ1n) is 12.3. The van der Waals surface area contributed by atoms with E-state index in [2.05, 4.69) is 0 Å². The Balaban J connectivity index is 1.33. The zero-order valence-electron chi connectivity index (χ0n) is 20.0. The summed E-state index contributed by atoms with van der Waals surface area (Å²) in [6, 6.07) is 30.3. The summed E-state index contributed by atoms with van der Waals surface area (Å²) in [7, 11) is 0. The van der Waals surface area contributed by atoms with E-state index >= 15 is 0 Å². The van der Waals surface area contributed by atoms with E-state index in [0.717, 1.165) is 16.7 Å². The van der Waals surface area contributed by atoms with Gasteiger partial charge in [-0.05, 0) is 23.6 Å². The van der Waals surface area contributed by atoms with Gasteiger partial charge in [0.05, 0.1) is 44.6 Å². The SMILES string of the molecule is CC(=O)C1[C@@H]2[C@@H](OCc3ccccc3)[C@H](OCc3ccccc3)[C@@H](COCc3ccccc3)O[C@H]12. The molecule has 182 valence electrons. The summed E-state index contributed by atoms with van der Waals surface area (Å²) in [4.78, 5) is 12.4. The number of ketones is 1. The van der Waals surface area contributed by atoms with Crippen LogP contribution in [0.25, 0.3) is 0 Å². The molecule has 0 spiro atoms. The molecule has 5 rings (SSSR count). The number of fused-ring (bicyclic) bond motifs is 1. The van der Waals surface area contributed by atoms with Crippen molar-refractivity contribution < 1.29 is 23.7 Å². The van der Waals surface area contributed by atoms with Crippen LogP contribution in [0.5, 0.6) is 0 Å². The largest absolute Gasteiger partial charge is 0.374 e. The van der Waals surface area contributed by atoms with Crippen molar-refractivity contribution in [2.45, 2.75) is 51.2 Å². The molecule has 0 amide bonds. The third kappa shape index (κ3) is 5.88. The van der Waals surface area contributed by atoms with Gasteiger partial charge in [0.1, 0.15) is 18.0 Å². The minimum absolute atomic E-state index is 0.00218. The first kappa shape index (κ1) is 23.9. The highest BCUT2D eigenvalue weighted by molar-refractivity contribution is 5.82. The second-order valence-corrected chi connectivity index (χ2v) is 9.38. The standard InChI is InChI=1S/C30H32O5/c1-21(31)26-27-29(26)35-25(20-32-17-22-11-5-2-6-12-22)28(33-18-23-13-7-3-8-14-23)30(27)34-19-24-15-9-4-10-16-24/h2-16,25-30H,17-20H2,1H3/t25-,26?,27+,28-,29-,30-/m1/s1. The molecule has 0 bridgehead atoms. The van der Waals surface area contributed by atoms with E-state index in [4.69, 9.17) is 18.9 Å². The summed E-state index contributed by atoms with van der Waals surface area (Å²) in [5.41, 5.74) is 3.28. The van der Waals surface area contributed by atoms with Gasteiger partial charge in [0, 0.05) is 5.92 Å². The Kier molecular flexibility index (Phi) is 7.69. The molecule has 0 aromatic heterocycles. The van der Waals surface area contributed by atoms with Crippen LogP contribution in [0.2, 0.25) is 0 Å². The zero-order chi connectivity index (χ0) is 24.0. The van der Waals surface area contributed by atoms with Crippen molar-refractivity contribution in [1.29, 1.82) is 0 Å². The van der Waals surface area contributed by atoms with Crippen LogP contribution in [0.15, 0.2) is 91.0 Å². The second-order valence-electron chi connectivity index (χ2n) is 9.38. The molecule has 1 aliphatic carbocycles. The monoisotopic (exact) mass is 472 g/mol. The van der Waals surface area contributed by atoms with Gasteiger partial charge in [-0.1, -0.05) is 91.0 Å². The van der Waals surface area contributed by atoms with Crippen LogP contribution in [0.4, 0.5) is 0 Å². The van der Waals surface area contributed by atoms with E-state index < -0.39 is 0 Å². The topological polar surface area (TPSA) is 54.0 Å². The van der Waals surface area contributed by atoms with Crippen LogP contribution < -0.4 is 0 Å². The number of rotatable bonds is 11. The molecule has 5 nitrogen and oxygen atoms in total. The van der Waals surface area contributed by atoms with E-state index in [1.807, 2.05) is 91.0 Å². The lowest BCUT2D eigenvalue weighted by Crippen LogP contribution is -2.50. The minimum Gasteiger partial charge on any atom is -0.374 e. The fourth-order valence-corrected chi connectivity index (χ4v) is 5.03. The number of ether oxygens (including phenoxy) is 4. The highest BCUT2D eigenvalue weighted by Gasteiger charge is 2.65. The Morgan fingerprint density at radius 1 is 0.714 bits per heavy atom. The predicted octanol–water partition coefficient (Wildman–Crippen LogP) is 4.98. The summed E-state index contributed by atoms with van der Waals surface area (Å²) in [5.74, 6) is -0.0129. The maximum Gasteiger partial charge on any atom is 0.135 e. The van der Waals surface area contributed by atoms with Crippen LogP contribution in [-0.4, -0.2) is 36.8 Å². The molecule has 3 aromatic rings. The molecule has 1 saturated heterocycles. The molecule has 0 N–H and O–H groups in total. The molecule has 6 atom stereocenters. The van der Waals surface area contributed by atoms with Crippen molar-refractivity contribution in [2.24, 2.45) is 11.8 Å².